The zero-order valence-corrected chi connectivity index (χ0v) is 27.3. The van der Waals surface area contributed by atoms with Crippen molar-refractivity contribution in [2.24, 2.45) is 52.3 Å². The second-order valence-electron chi connectivity index (χ2n) is 15.1. The first-order chi connectivity index (χ1) is 19.1. The van der Waals surface area contributed by atoms with Crippen LogP contribution in [0.25, 0.3) is 0 Å². The third-order valence-electron chi connectivity index (χ3n) is 12.8. The monoisotopic (exact) mass is 598 g/mol. The molecule has 0 bridgehead atoms. The molecule has 0 aromatic carbocycles. The van der Waals surface area contributed by atoms with Crippen LogP contribution in [0.4, 0.5) is 0 Å². The molecule has 11 atom stereocenters. The molecule has 0 aromatic heterocycles. The Labute approximate surface area is 249 Å². The summed E-state index contributed by atoms with van der Waals surface area (Å²) in [7, 11) is -0.312. The molecule has 4 aliphatic rings. The Kier molecular flexibility index (Phi) is 10.3. The van der Waals surface area contributed by atoms with E-state index in [4.69, 9.17) is 0 Å². The number of nitrogens with zero attached hydrogens (tertiary/aromatic N) is 2. The van der Waals surface area contributed by atoms with Crippen LogP contribution >= 0.6 is 0 Å². The first-order valence-corrected chi connectivity index (χ1v) is 18.0. The molecule has 41 heavy (non-hydrogen) atoms. The molecule has 4 saturated carbocycles. The van der Waals surface area contributed by atoms with Gasteiger partial charge in [-0.05, 0) is 118 Å². The summed E-state index contributed by atoms with van der Waals surface area (Å²) in [5.74, 6) is 2.92. The Hall–Kier alpha value is -0.740. The van der Waals surface area contributed by atoms with Crippen molar-refractivity contribution in [2.75, 3.05) is 39.5 Å². The molecule has 0 heterocycles. The van der Waals surface area contributed by atoms with E-state index >= 15 is 0 Å². The number of carbonyl (C=O) groups excluding carboxylic acids is 1. The topological polar surface area (TPSA) is 118 Å². The summed E-state index contributed by atoms with van der Waals surface area (Å²) >= 11 is 0. The quantitative estimate of drug-likeness (QED) is 0.303. The van der Waals surface area contributed by atoms with Gasteiger partial charge in [-0.3, -0.25) is 9.35 Å². The highest BCUT2D eigenvalue weighted by Crippen LogP contribution is 2.69. The molecule has 0 aromatic rings. The van der Waals surface area contributed by atoms with E-state index in [1.54, 1.807) is 4.90 Å². The van der Waals surface area contributed by atoms with Gasteiger partial charge < -0.3 is 20.0 Å². The summed E-state index contributed by atoms with van der Waals surface area (Å²) < 4.78 is 32.0. The molecular weight excluding hydrogens is 540 g/mol. The molecule has 9 heteroatoms. The summed E-state index contributed by atoms with van der Waals surface area (Å²) in [5, 5.41) is 22.4. The zero-order chi connectivity index (χ0) is 30.3. The van der Waals surface area contributed by atoms with Crippen molar-refractivity contribution in [3.63, 3.8) is 0 Å². The number of aliphatic hydroxyl groups is 2. The molecule has 4 fully saturated rings. The summed E-state index contributed by atoms with van der Waals surface area (Å²) in [6.45, 7) is 10.4. The van der Waals surface area contributed by atoms with Crippen molar-refractivity contribution >= 4 is 16.0 Å². The van der Waals surface area contributed by atoms with Gasteiger partial charge in [-0.1, -0.05) is 34.1 Å². The first-order valence-electron chi connectivity index (χ1n) is 16.4. The van der Waals surface area contributed by atoms with E-state index in [0.29, 0.717) is 61.4 Å². The van der Waals surface area contributed by atoms with Gasteiger partial charge in [0.2, 0.25) is 5.91 Å². The smallest absolute Gasteiger partial charge is 0.266 e. The SMILES string of the molecule is CC[C@H]1C[C@@H]2[C@H](C[C@H](O)[C@]3(C)[C@@H]([C@H](C)CCC(=O)N(CCN(C)C)CCS(=O)(=O)O)CC[C@@H]23)[C@@]2(C)CC[C@@H](O)C[C@@H]12. The number of amides is 1. The van der Waals surface area contributed by atoms with Crippen LogP contribution in [0, 0.1) is 52.3 Å². The molecule has 0 spiro atoms. The lowest BCUT2D eigenvalue weighted by molar-refractivity contribution is -0.189. The summed E-state index contributed by atoms with van der Waals surface area (Å²) in [4.78, 5) is 16.8. The lowest BCUT2D eigenvalue weighted by atomic mass is 9.41. The molecule has 0 radical (unpaired) electrons. The van der Waals surface area contributed by atoms with Gasteiger partial charge in [0.05, 0.1) is 18.0 Å². The van der Waals surface area contributed by atoms with Gasteiger partial charge in [0.25, 0.3) is 10.1 Å². The van der Waals surface area contributed by atoms with Crippen LogP contribution < -0.4 is 0 Å². The second kappa shape index (κ2) is 12.7. The predicted octanol–water partition coefficient (Wildman–Crippen LogP) is 4.31. The third kappa shape index (κ3) is 6.69. The molecule has 8 nitrogen and oxygen atoms in total. The minimum atomic E-state index is -4.14. The molecular formula is C32H58N2O6S. The Balaban J connectivity index is 1.45. The molecule has 3 N–H and O–H groups in total. The average molecular weight is 599 g/mol. The van der Waals surface area contributed by atoms with Crippen LogP contribution in [0.3, 0.4) is 0 Å². The normalized spacial score (nSPS) is 41.4. The fourth-order valence-electron chi connectivity index (χ4n) is 10.5. The lowest BCUT2D eigenvalue weighted by Crippen LogP contribution is -2.60. The van der Waals surface area contributed by atoms with E-state index in [1.165, 1.54) is 6.42 Å². The minimum Gasteiger partial charge on any atom is -0.393 e. The van der Waals surface area contributed by atoms with E-state index in [9.17, 15) is 28.0 Å². The number of aliphatic hydroxyl groups excluding tert-OH is 2. The highest BCUT2D eigenvalue weighted by molar-refractivity contribution is 7.85. The van der Waals surface area contributed by atoms with Gasteiger partial charge in [0.1, 0.15) is 0 Å². The Morgan fingerprint density at radius 1 is 0.976 bits per heavy atom. The van der Waals surface area contributed by atoms with Crippen LogP contribution in [-0.2, 0) is 14.9 Å². The predicted molar refractivity (Wildman–Crippen MR) is 162 cm³/mol. The third-order valence-corrected chi connectivity index (χ3v) is 13.5. The van der Waals surface area contributed by atoms with Crippen LogP contribution in [0.2, 0.25) is 0 Å². The fourth-order valence-corrected chi connectivity index (χ4v) is 10.9. The number of hydrogen-bond acceptors (Lipinski definition) is 6. The number of carbonyl (C=O) groups is 1. The number of rotatable bonds is 11. The molecule has 0 unspecified atom stereocenters. The highest BCUT2D eigenvalue weighted by Gasteiger charge is 2.65. The second-order valence-corrected chi connectivity index (χ2v) is 16.7. The number of fused-ring (bicyclic) bond motifs is 5. The van der Waals surface area contributed by atoms with Crippen molar-refractivity contribution in [3.8, 4) is 0 Å². The van der Waals surface area contributed by atoms with Gasteiger partial charge in [0, 0.05) is 26.1 Å². The maximum absolute atomic E-state index is 13.2. The van der Waals surface area contributed by atoms with Gasteiger partial charge in [0.15, 0.2) is 0 Å². The molecule has 238 valence electrons. The average Bonchev–Trinajstić information content (AvgIpc) is 3.26. The van der Waals surface area contributed by atoms with Crippen LogP contribution in [0.15, 0.2) is 0 Å². The van der Waals surface area contributed by atoms with E-state index in [0.717, 1.165) is 44.9 Å². The fraction of sp³-hybridized carbons (Fsp3) is 0.969. The molecule has 4 rings (SSSR count). The Morgan fingerprint density at radius 3 is 2.32 bits per heavy atom. The van der Waals surface area contributed by atoms with Crippen molar-refractivity contribution < 1.29 is 28.0 Å². The van der Waals surface area contributed by atoms with E-state index in [-0.39, 0.29) is 41.4 Å². The zero-order valence-electron chi connectivity index (χ0n) is 26.5. The Morgan fingerprint density at radius 2 is 1.68 bits per heavy atom. The largest absolute Gasteiger partial charge is 0.393 e. The number of likely N-dealkylation sites (N-methyl/N-ethyl adjacent to an activating group) is 1. The number of hydrogen-bond donors (Lipinski definition) is 3. The van der Waals surface area contributed by atoms with Gasteiger partial charge in [-0.2, -0.15) is 8.42 Å². The maximum Gasteiger partial charge on any atom is 0.266 e. The molecule has 0 aliphatic heterocycles. The van der Waals surface area contributed by atoms with Crippen LogP contribution in [0.1, 0.15) is 91.9 Å². The van der Waals surface area contributed by atoms with Crippen molar-refractivity contribution in [1.82, 2.24) is 9.80 Å². The Bertz CT molecular complexity index is 1020. The van der Waals surface area contributed by atoms with Crippen LogP contribution in [-0.4, -0.2) is 90.6 Å². The molecule has 0 saturated heterocycles. The van der Waals surface area contributed by atoms with Crippen molar-refractivity contribution in [3.05, 3.63) is 0 Å². The maximum atomic E-state index is 13.2. The summed E-state index contributed by atoms with van der Waals surface area (Å²) in [6.07, 6.45) is 8.85. The van der Waals surface area contributed by atoms with Crippen molar-refractivity contribution in [1.29, 1.82) is 0 Å². The molecule has 1 amide bonds. The van der Waals surface area contributed by atoms with Gasteiger partial charge >= 0.3 is 0 Å². The summed E-state index contributed by atoms with van der Waals surface area (Å²) in [6, 6.07) is 0. The van der Waals surface area contributed by atoms with E-state index in [1.807, 2.05) is 19.0 Å². The van der Waals surface area contributed by atoms with E-state index in [2.05, 4.69) is 27.7 Å². The van der Waals surface area contributed by atoms with Crippen LogP contribution in [0.5, 0.6) is 0 Å². The lowest BCUT2D eigenvalue weighted by Gasteiger charge is -2.64. The minimum absolute atomic E-state index is 0.000271. The summed E-state index contributed by atoms with van der Waals surface area (Å²) in [5.41, 5.74) is 0.0359. The standard InChI is InChI=1S/C32H58N2O6S/c1-7-22-18-24-26-10-9-25(21(2)8-11-30(37)34(15-14-33(5)6)16-17-41(38,39)40)32(26,4)29(36)20-28(24)31(3)13-12-23(35)19-27(22)31/h21-29,35-36H,7-20H2,1-6H3,(H,38,39,40)/t21-,22+,23-,24+,25-,26+,27+,28+,29+,31+,32-/m1/s1. The highest BCUT2D eigenvalue weighted by atomic mass is 32.2. The van der Waals surface area contributed by atoms with Gasteiger partial charge in [-0.25, -0.2) is 0 Å². The first kappa shape index (κ1) is 33.2. The molecule has 4 aliphatic carbocycles. The van der Waals surface area contributed by atoms with E-state index < -0.39 is 15.9 Å². The van der Waals surface area contributed by atoms with Gasteiger partial charge in [-0.15, -0.1) is 0 Å². The van der Waals surface area contributed by atoms with Crippen molar-refractivity contribution in [2.45, 2.75) is 104 Å².